The summed E-state index contributed by atoms with van der Waals surface area (Å²) in [6.45, 7) is 5.68. The number of aromatic nitrogens is 5. The summed E-state index contributed by atoms with van der Waals surface area (Å²) >= 11 is 0. The Hall–Kier alpha value is -3.82. The monoisotopic (exact) mass is 483 g/mol. The average Bonchev–Trinajstić information content (AvgIpc) is 3.44. The molecule has 0 amide bonds. The van der Waals surface area contributed by atoms with E-state index >= 15 is 0 Å². The molecular weight excluding hydrogens is 454 g/mol. The minimum atomic E-state index is -0.267. The van der Waals surface area contributed by atoms with Gasteiger partial charge in [-0.1, -0.05) is 36.9 Å². The highest BCUT2D eigenvalue weighted by Crippen LogP contribution is 2.50. The molecule has 1 aliphatic carbocycles. The van der Waals surface area contributed by atoms with Crippen LogP contribution in [0.3, 0.4) is 0 Å². The Labute approximate surface area is 208 Å². The molecule has 36 heavy (non-hydrogen) atoms. The van der Waals surface area contributed by atoms with E-state index in [1.54, 1.807) is 0 Å². The second-order valence-electron chi connectivity index (χ2n) is 9.85. The number of aliphatic hydroxyl groups is 1. The lowest BCUT2D eigenvalue weighted by atomic mass is 9.73. The number of aromatic amines is 2. The number of pyridine rings is 1. The highest BCUT2D eigenvalue weighted by molar-refractivity contribution is 5.91. The number of nitrogens with one attached hydrogen (secondary N) is 2. The maximum Gasteiger partial charge on any atom is 0.264 e. The molecule has 9 heteroatoms. The first kappa shape index (κ1) is 22.6. The molecule has 1 aromatic carbocycles. The lowest BCUT2D eigenvalue weighted by Crippen LogP contribution is -2.45. The first-order chi connectivity index (χ1) is 17.5. The first-order valence-corrected chi connectivity index (χ1v) is 12.3. The fraction of sp³-hybridized carbons (Fsp3) is 0.333. The molecule has 4 heterocycles. The van der Waals surface area contributed by atoms with Crippen LogP contribution in [0, 0.1) is 5.41 Å². The summed E-state index contributed by atoms with van der Waals surface area (Å²) in [6, 6.07) is 14.0. The molecule has 1 atom stereocenters. The molecule has 5 N–H and O–H groups in total. The molecule has 3 aromatic heterocycles. The number of benzene rings is 1. The summed E-state index contributed by atoms with van der Waals surface area (Å²) in [5.74, 6) is 0.537. The SMILES string of the molecule is C=C(c1cccc(CCO)n1)c1n[nH]c2nc(N3CCC4(CC3)Cc3ccccc3[C@H]4N)[nH]c(=O)c12. The van der Waals surface area contributed by atoms with E-state index in [9.17, 15) is 9.90 Å². The van der Waals surface area contributed by atoms with Gasteiger partial charge >= 0.3 is 0 Å². The maximum absolute atomic E-state index is 13.2. The number of hydrogen-bond donors (Lipinski definition) is 4. The van der Waals surface area contributed by atoms with E-state index in [2.05, 4.69) is 55.9 Å². The summed E-state index contributed by atoms with van der Waals surface area (Å²) in [6.07, 6.45) is 3.32. The summed E-state index contributed by atoms with van der Waals surface area (Å²) < 4.78 is 0. The van der Waals surface area contributed by atoms with Crippen molar-refractivity contribution >= 4 is 22.6 Å². The van der Waals surface area contributed by atoms with Gasteiger partial charge in [-0.15, -0.1) is 0 Å². The number of hydrogen-bond acceptors (Lipinski definition) is 7. The minimum Gasteiger partial charge on any atom is -0.396 e. The largest absolute Gasteiger partial charge is 0.396 e. The third-order valence-electron chi connectivity index (χ3n) is 7.84. The van der Waals surface area contributed by atoms with Crippen molar-refractivity contribution in [2.45, 2.75) is 31.7 Å². The molecule has 0 saturated carbocycles. The molecule has 1 spiro atoms. The number of aliphatic hydroxyl groups excluding tert-OH is 1. The Morgan fingerprint density at radius 1 is 1.17 bits per heavy atom. The van der Waals surface area contributed by atoms with Gasteiger partial charge < -0.3 is 15.7 Å². The highest BCUT2D eigenvalue weighted by atomic mass is 16.3. The van der Waals surface area contributed by atoms with Gasteiger partial charge in [-0.05, 0) is 47.9 Å². The van der Waals surface area contributed by atoms with Gasteiger partial charge in [0.1, 0.15) is 11.1 Å². The van der Waals surface area contributed by atoms with Gasteiger partial charge in [0, 0.05) is 43.4 Å². The van der Waals surface area contributed by atoms with Crippen LogP contribution in [0.25, 0.3) is 16.6 Å². The number of piperidine rings is 1. The fourth-order valence-corrected chi connectivity index (χ4v) is 5.79. The Balaban J connectivity index is 1.24. The van der Waals surface area contributed by atoms with E-state index in [0.717, 1.165) is 38.0 Å². The van der Waals surface area contributed by atoms with Crippen LogP contribution in [-0.4, -0.2) is 50.0 Å². The van der Waals surface area contributed by atoms with Crippen molar-refractivity contribution in [3.63, 3.8) is 0 Å². The molecule has 1 fully saturated rings. The fourth-order valence-electron chi connectivity index (χ4n) is 5.79. The lowest BCUT2D eigenvalue weighted by Gasteiger charge is -2.42. The third kappa shape index (κ3) is 3.63. The Kier molecular flexibility index (Phi) is 5.46. The zero-order valence-electron chi connectivity index (χ0n) is 20.0. The summed E-state index contributed by atoms with van der Waals surface area (Å²) in [4.78, 5) is 27.5. The zero-order valence-corrected chi connectivity index (χ0v) is 20.0. The summed E-state index contributed by atoms with van der Waals surface area (Å²) in [5.41, 5.74) is 11.8. The van der Waals surface area contributed by atoms with Gasteiger partial charge in [-0.2, -0.15) is 10.1 Å². The van der Waals surface area contributed by atoms with Crippen LogP contribution in [0.5, 0.6) is 0 Å². The molecule has 1 aliphatic heterocycles. The minimum absolute atomic E-state index is 0.0110. The van der Waals surface area contributed by atoms with Gasteiger partial charge in [0.2, 0.25) is 5.95 Å². The van der Waals surface area contributed by atoms with Crippen LogP contribution < -0.4 is 16.2 Å². The maximum atomic E-state index is 13.2. The Morgan fingerprint density at radius 3 is 2.75 bits per heavy atom. The van der Waals surface area contributed by atoms with Crippen molar-refractivity contribution in [2.75, 3.05) is 24.6 Å². The van der Waals surface area contributed by atoms with E-state index < -0.39 is 0 Å². The molecule has 0 unspecified atom stereocenters. The number of fused-ring (bicyclic) bond motifs is 2. The number of H-pyrrole nitrogens is 2. The van der Waals surface area contributed by atoms with Crippen LogP contribution in [0.1, 0.15) is 47.1 Å². The van der Waals surface area contributed by atoms with Crippen molar-refractivity contribution in [1.82, 2.24) is 25.1 Å². The van der Waals surface area contributed by atoms with E-state index in [1.807, 2.05) is 18.2 Å². The number of nitrogens with zero attached hydrogens (tertiary/aromatic N) is 4. The van der Waals surface area contributed by atoms with Crippen LogP contribution in [0.4, 0.5) is 5.95 Å². The quantitative estimate of drug-likeness (QED) is 0.342. The van der Waals surface area contributed by atoms with Gasteiger partial charge in [0.05, 0.1) is 5.69 Å². The lowest BCUT2D eigenvalue weighted by molar-refractivity contribution is 0.187. The molecular formula is C27H29N7O2. The number of nitrogens with two attached hydrogens (primary N) is 1. The van der Waals surface area contributed by atoms with Crippen LogP contribution in [0.2, 0.25) is 0 Å². The molecule has 1 saturated heterocycles. The second-order valence-corrected chi connectivity index (χ2v) is 9.85. The van der Waals surface area contributed by atoms with Gasteiger partial charge in [0.15, 0.2) is 5.65 Å². The number of rotatable bonds is 5. The van der Waals surface area contributed by atoms with Crippen molar-refractivity contribution in [1.29, 1.82) is 0 Å². The predicted octanol–water partition coefficient (Wildman–Crippen LogP) is 2.48. The summed E-state index contributed by atoms with van der Waals surface area (Å²) in [5, 5.41) is 16.8. The highest BCUT2D eigenvalue weighted by Gasteiger charge is 2.46. The van der Waals surface area contributed by atoms with Gasteiger partial charge in [-0.25, -0.2) is 0 Å². The first-order valence-electron chi connectivity index (χ1n) is 12.3. The molecule has 6 rings (SSSR count). The molecule has 184 valence electrons. The molecule has 2 aliphatic rings. The topological polar surface area (TPSA) is 137 Å². The number of anilines is 1. The smallest absolute Gasteiger partial charge is 0.264 e. The molecule has 0 bridgehead atoms. The van der Waals surface area contributed by atoms with Crippen LogP contribution >= 0.6 is 0 Å². The van der Waals surface area contributed by atoms with Gasteiger partial charge in [-0.3, -0.25) is 19.9 Å². The Bertz CT molecular complexity index is 1510. The van der Waals surface area contributed by atoms with E-state index in [1.165, 1.54) is 11.1 Å². The van der Waals surface area contributed by atoms with Crippen molar-refractivity contribution < 1.29 is 5.11 Å². The third-order valence-corrected chi connectivity index (χ3v) is 7.84. The van der Waals surface area contributed by atoms with E-state index in [4.69, 9.17) is 10.7 Å². The van der Waals surface area contributed by atoms with E-state index in [0.29, 0.717) is 40.4 Å². The Morgan fingerprint density at radius 2 is 1.97 bits per heavy atom. The molecule has 0 radical (unpaired) electrons. The molecule has 9 nitrogen and oxygen atoms in total. The summed E-state index contributed by atoms with van der Waals surface area (Å²) in [7, 11) is 0. The molecule has 4 aromatic rings. The average molecular weight is 484 g/mol. The van der Waals surface area contributed by atoms with E-state index in [-0.39, 0.29) is 23.6 Å². The zero-order chi connectivity index (χ0) is 24.9. The van der Waals surface area contributed by atoms with Crippen LogP contribution in [-0.2, 0) is 12.8 Å². The standard InChI is InChI=1S/C27H29N7O2/c1-16(20-8-4-6-18(29-20)9-14-35)22-21-24(33-32-22)30-26(31-25(21)36)34-12-10-27(11-13-34)15-17-5-2-3-7-19(17)23(27)28/h2-8,23,35H,1,9-15,28H2,(H2,30,31,32,33,36)/t23-/m1/s1. The normalized spacial score (nSPS) is 18.6. The second kappa shape index (κ2) is 8.69. The van der Waals surface area contributed by atoms with Crippen molar-refractivity contribution in [3.8, 4) is 0 Å². The van der Waals surface area contributed by atoms with Gasteiger partial charge in [0.25, 0.3) is 5.56 Å². The predicted molar refractivity (Wildman–Crippen MR) is 139 cm³/mol. The van der Waals surface area contributed by atoms with Crippen molar-refractivity contribution in [2.24, 2.45) is 11.1 Å². The van der Waals surface area contributed by atoms with Crippen molar-refractivity contribution in [3.05, 3.63) is 87.6 Å². The van der Waals surface area contributed by atoms with Crippen LogP contribution in [0.15, 0.2) is 53.8 Å².